The number of aryl methyl sites for hydroxylation is 1. The van der Waals surface area contributed by atoms with E-state index in [0.29, 0.717) is 11.7 Å². The van der Waals surface area contributed by atoms with E-state index in [1.165, 1.54) is 0 Å². The first-order valence-electron chi connectivity index (χ1n) is 5.94. The molecule has 1 aliphatic heterocycles. The molecule has 1 aliphatic rings. The van der Waals surface area contributed by atoms with Crippen LogP contribution < -0.4 is 5.73 Å². The second-order valence-corrected chi connectivity index (χ2v) is 4.68. The summed E-state index contributed by atoms with van der Waals surface area (Å²) in [4.78, 5) is 6.67. The van der Waals surface area contributed by atoms with E-state index in [2.05, 4.69) is 22.1 Å². The van der Waals surface area contributed by atoms with Crippen LogP contribution in [-0.2, 0) is 12.0 Å². The van der Waals surface area contributed by atoms with Crippen LogP contribution in [-0.4, -0.2) is 35.2 Å². The van der Waals surface area contributed by atoms with Gasteiger partial charge in [0, 0.05) is 13.0 Å². The van der Waals surface area contributed by atoms with E-state index in [-0.39, 0.29) is 0 Å². The number of hydrogen-bond donors (Lipinski definition) is 1. The van der Waals surface area contributed by atoms with Gasteiger partial charge in [0.25, 0.3) is 0 Å². The molecule has 0 aliphatic carbocycles. The molecule has 5 nitrogen and oxygen atoms in total. The van der Waals surface area contributed by atoms with Crippen molar-refractivity contribution in [2.45, 2.75) is 38.1 Å². The Morgan fingerprint density at radius 1 is 1.44 bits per heavy atom. The molecule has 0 spiro atoms. The average Bonchev–Trinajstić information content (AvgIpc) is 2.69. The lowest BCUT2D eigenvalue weighted by Crippen LogP contribution is -2.38. The molecule has 1 saturated heterocycles. The van der Waals surface area contributed by atoms with Crippen molar-refractivity contribution in [3.8, 4) is 0 Å². The zero-order chi connectivity index (χ0) is 11.6. The van der Waals surface area contributed by atoms with Crippen molar-refractivity contribution in [2.75, 3.05) is 20.1 Å². The van der Waals surface area contributed by atoms with Crippen molar-refractivity contribution in [1.29, 1.82) is 0 Å². The second-order valence-electron chi connectivity index (χ2n) is 4.68. The van der Waals surface area contributed by atoms with Crippen LogP contribution in [0.1, 0.15) is 37.9 Å². The first kappa shape index (κ1) is 11.5. The van der Waals surface area contributed by atoms with Crippen LogP contribution in [0, 0.1) is 0 Å². The molecular weight excluding hydrogens is 204 g/mol. The second kappa shape index (κ2) is 4.51. The standard InChI is InChI=1S/C11H20N4O/c1-3-9-13-10(14-16-9)11(12)5-4-7-15(2)8-6-11/h3-8,12H2,1-2H3. The fourth-order valence-corrected chi connectivity index (χ4v) is 2.12. The normalized spacial score (nSPS) is 27.9. The predicted molar refractivity (Wildman–Crippen MR) is 60.9 cm³/mol. The van der Waals surface area contributed by atoms with E-state index in [4.69, 9.17) is 10.3 Å². The van der Waals surface area contributed by atoms with Gasteiger partial charge in [-0.15, -0.1) is 0 Å². The highest BCUT2D eigenvalue weighted by Gasteiger charge is 2.34. The number of hydrogen-bond acceptors (Lipinski definition) is 5. The van der Waals surface area contributed by atoms with E-state index < -0.39 is 5.54 Å². The van der Waals surface area contributed by atoms with Gasteiger partial charge in [-0.05, 0) is 32.9 Å². The van der Waals surface area contributed by atoms with Gasteiger partial charge in [-0.3, -0.25) is 0 Å². The molecule has 0 radical (unpaired) electrons. The molecule has 2 N–H and O–H groups in total. The summed E-state index contributed by atoms with van der Waals surface area (Å²) in [5.41, 5.74) is 6.00. The molecular formula is C11H20N4O. The van der Waals surface area contributed by atoms with Crippen molar-refractivity contribution in [3.63, 3.8) is 0 Å². The van der Waals surface area contributed by atoms with Gasteiger partial charge in [0.15, 0.2) is 5.82 Å². The van der Waals surface area contributed by atoms with Gasteiger partial charge >= 0.3 is 0 Å². The Morgan fingerprint density at radius 3 is 2.94 bits per heavy atom. The van der Waals surface area contributed by atoms with E-state index in [1.807, 2.05) is 6.92 Å². The SMILES string of the molecule is CCc1nc(C2(N)CCCN(C)CC2)no1. The summed E-state index contributed by atoms with van der Waals surface area (Å²) in [5.74, 6) is 1.36. The molecule has 90 valence electrons. The molecule has 1 aromatic rings. The Hall–Kier alpha value is -0.940. The Morgan fingerprint density at radius 2 is 2.25 bits per heavy atom. The number of nitrogens with two attached hydrogens (primary N) is 1. The van der Waals surface area contributed by atoms with Gasteiger partial charge in [0.2, 0.25) is 5.89 Å². The van der Waals surface area contributed by atoms with Gasteiger partial charge < -0.3 is 15.2 Å². The van der Waals surface area contributed by atoms with Gasteiger partial charge in [-0.2, -0.15) is 4.98 Å². The zero-order valence-electron chi connectivity index (χ0n) is 10.1. The highest BCUT2D eigenvalue weighted by atomic mass is 16.5. The first-order chi connectivity index (χ1) is 7.64. The molecule has 0 aromatic carbocycles. The molecule has 0 saturated carbocycles. The molecule has 0 bridgehead atoms. The van der Waals surface area contributed by atoms with E-state index in [0.717, 1.165) is 38.8 Å². The number of nitrogens with zero attached hydrogens (tertiary/aromatic N) is 3. The highest BCUT2D eigenvalue weighted by Crippen LogP contribution is 2.27. The monoisotopic (exact) mass is 224 g/mol. The van der Waals surface area contributed by atoms with Crippen LogP contribution in [0.5, 0.6) is 0 Å². The predicted octanol–water partition coefficient (Wildman–Crippen LogP) is 0.902. The largest absolute Gasteiger partial charge is 0.339 e. The van der Waals surface area contributed by atoms with Gasteiger partial charge in [0.05, 0.1) is 5.54 Å². The Kier molecular flexibility index (Phi) is 3.25. The maximum atomic E-state index is 6.40. The number of rotatable bonds is 2. The average molecular weight is 224 g/mol. The third kappa shape index (κ3) is 2.25. The maximum Gasteiger partial charge on any atom is 0.226 e. The van der Waals surface area contributed by atoms with Crippen molar-refractivity contribution in [2.24, 2.45) is 5.73 Å². The minimum Gasteiger partial charge on any atom is -0.339 e. The molecule has 2 rings (SSSR count). The minimum atomic E-state index is -0.401. The van der Waals surface area contributed by atoms with Crippen LogP contribution in [0.25, 0.3) is 0 Å². The lowest BCUT2D eigenvalue weighted by molar-refractivity contribution is 0.309. The molecule has 16 heavy (non-hydrogen) atoms. The van der Waals surface area contributed by atoms with Crippen LogP contribution in [0.4, 0.5) is 0 Å². The topological polar surface area (TPSA) is 68.2 Å². The third-order valence-electron chi connectivity index (χ3n) is 3.32. The summed E-state index contributed by atoms with van der Waals surface area (Å²) < 4.78 is 5.15. The maximum absolute atomic E-state index is 6.40. The van der Waals surface area contributed by atoms with Gasteiger partial charge in [-0.25, -0.2) is 0 Å². The quantitative estimate of drug-likeness (QED) is 0.808. The summed E-state index contributed by atoms with van der Waals surface area (Å²) in [5, 5.41) is 4.02. The summed E-state index contributed by atoms with van der Waals surface area (Å²) in [6.07, 6.45) is 3.68. The molecule has 5 heteroatoms. The zero-order valence-corrected chi connectivity index (χ0v) is 10.1. The minimum absolute atomic E-state index is 0.401. The van der Waals surface area contributed by atoms with Crippen molar-refractivity contribution < 1.29 is 4.52 Å². The van der Waals surface area contributed by atoms with Gasteiger partial charge in [-0.1, -0.05) is 12.1 Å². The van der Waals surface area contributed by atoms with Crippen LogP contribution in [0.2, 0.25) is 0 Å². The summed E-state index contributed by atoms with van der Waals surface area (Å²) in [6.45, 7) is 4.09. The summed E-state index contributed by atoms with van der Waals surface area (Å²) in [6, 6.07) is 0. The van der Waals surface area contributed by atoms with Gasteiger partial charge in [0.1, 0.15) is 0 Å². The molecule has 1 unspecified atom stereocenters. The fraction of sp³-hybridized carbons (Fsp3) is 0.818. The third-order valence-corrected chi connectivity index (χ3v) is 3.32. The van der Waals surface area contributed by atoms with E-state index in [9.17, 15) is 0 Å². The van der Waals surface area contributed by atoms with Crippen molar-refractivity contribution in [1.82, 2.24) is 15.0 Å². The van der Waals surface area contributed by atoms with E-state index in [1.54, 1.807) is 0 Å². The summed E-state index contributed by atoms with van der Waals surface area (Å²) >= 11 is 0. The number of likely N-dealkylation sites (tertiary alicyclic amines) is 1. The number of aromatic nitrogens is 2. The van der Waals surface area contributed by atoms with Crippen LogP contribution in [0.15, 0.2) is 4.52 Å². The van der Waals surface area contributed by atoms with E-state index >= 15 is 0 Å². The summed E-state index contributed by atoms with van der Waals surface area (Å²) in [7, 11) is 2.12. The fourth-order valence-electron chi connectivity index (χ4n) is 2.12. The Bertz CT molecular complexity index is 352. The van der Waals surface area contributed by atoms with Crippen LogP contribution >= 0.6 is 0 Å². The molecule has 1 aromatic heterocycles. The molecule has 0 amide bonds. The Labute approximate surface area is 96.0 Å². The smallest absolute Gasteiger partial charge is 0.226 e. The highest BCUT2D eigenvalue weighted by molar-refractivity contribution is 5.05. The van der Waals surface area contributed by atoms with Crippen molar-refractivity contribution >= 4 is 0 Å². The molecule has 1 atom stereocenters. The van der Waals surface area contributed by atoms with Crippen LogP contribution in [0.3, 0.4) is 0 Å². The lowest BCUT2D eigenvalue weighted by atomic mass is 9.91. The van der Waals surface area contributed by atoms with Crippen molar-refractivity contribution in [3.05, 3.63) is 11.7 Å². The molecule has 1 fully saturated rings. The molecule has 2 heterocycles. The lowest BCUT2D eigenvalue weighted by Gasteiger charge is -2.23. The Balaban J connectivity index is 2.16. The first-order valence-corrected chi connectivity index (χ1v) is 5.94.